The second kappa shape index (κ2) is 11.9. The zero-order valence-electron chi connectivity index (χ0n) is 18.8. The quantitative estimate of drug-likeness (QED) is 0.300. The van der Waals surface area contributed by atoms with Gasteiger partial charge in [-0.3, -0.25) is 4.99 Å². The molecule has 0 saturated heterocycles. The summed E-state index contributed by atoms with van der Waals surface area (Å²) in [6.45, 7) is 5.87. The average Bonchev–Trinajstić information content (AvgIpc) is 3.12. The predicted molar refractivity (Wildman–Crippen MR) is 133 cm³/mol. The first-order chi connectivity index (χ1) is 14.6. The van der Waals surface area contributed by atoms with Crippen LogP contribution in [0.1, 0.15) is 30.5 Å². The lowest BCUT2D eigenvalue weighted by Gasteiger charge is -2.16. The van der Waals surface area contributed by atoms with E-state index in [9.17, 15) is 0 Å². The smallest absolute Gasteiger partial charge is 0.191 e. The van der Waals surface area contributed by atoms with Gasteiger partial charge in [-0.05, 0) is 43.7 Å². The van der Waals surface area contributed by atoms with E-state index in [2.05, 4.69) is 34.7 Å². The number of hydrogen-bond acceptors (Lipinski definition) is 5. The molecule has 0 radical (unpaired) electrons. The summed E-state index contributed by atoms with van der Waals surface area (Å²) in [6.07, 6.45) is 1.12. The Morgan fingerprint density at radius 1 is 1.06 bits per heavy atom. The summed E-state index contributed by atoms with van der Waals surface area (Å²) in [5, 5.41) is 6.68. The fourth-order valence-electron chi connectivity index (χ4n) is 3.49. The summed E-state index contributed by atoms with van der Waals surface area (Å²) < 4.78 is 22.4. The van der Waals surface area contributed by atoms with Gasteiger partial charge in [0.25, 0.3) is 0 Å². The molecule has 8 heteroatoms. The molecule has 0 saturated carbocycles. The number of methoxy groups -OCH3 is 2. The largest absolute Gasteiger partial charge is 0.494 e. The molecule has 0 aromatic heterocycles. The average molecular weight is 541 g/mol. The van der Waals surface area contributed by atoms with Crippen LogP contribution in [0.15, 0.2) is 35.3 Å². The second-order valence-electron chi connectivity index (χ2n) is 7.10. The fraction of sp³-hybridized carbons (Fsp3) is 0.435. The predicted octanol–water partition coefficient (Wildman–Crippen LogP) is 3.91. The van der Waals surface area contributed by atoms with Crippen LogP contribution in [0.25, 0.3) is 0 Å². The Morgan fingerprint density at radius 2 is 1.81 bits per heavy atom. The van der Waals surface area contributed by atoms with Crippen molar-refractivity contribution in [3.8, 4) is 23.0 Å². The third-order valence-corrected chi connectivity index (χ3v) is 4.96. The van der Waals surface area contributed by atoms with Gasteiger partial charge in [-0.15, -0.1) is 24.0 Å². The third-order valence-electron chi connectivity index (χ3n) is 4.96. The van der Waals surface area contributed by atoms with Crippen LogP contribution in [0.4, 0.5) is 0 Å². The van der Waals surface area contributed by atoms with Crippen molar-refractivity contribution in [2.45, 2.75) is 39.5 Å². The van der Waals surface area contributed by atoms with E-state index in [-0.39, 0.29) is 30.1 Å². The highest BCUT2D eigenvalue weighted by atomic mass is 127. The van der Waals surface area contributed by atoms with Gasteiger partial charge in [-0.2, -0.15) is 0 Å². The lowest BCUT2D eigenvalue weighted by molar-refractivity contribution is 0.254. The van der Waals surface area contributed by atoms with Crippen molar-refractivity contribution in [2.24, 2.45) is 4.99 Å². The van der Waals surface area contributed by atoms with Crippen LogP contribution in [-0.4, -0.2) is 39.9 Å². The van der Waals surface area contributed by atoms with Crippen molar-refractivity contribution in [3.05, 3.63) is 47.0 Å². The molecule has 1 heterocycles. The highest BCUT2D eigenvalue weighted by Gasteiger charge is 2.22. The monoisotopic (exact) mass is 541 g/mol. The van der Waals surface area contributed by atoms with Crippen LogP contribution in [-0.2, 0) is 19.5 Å². The lowest BCUT2D eigenvalue weighted by Crippen LogP contribution is -2.36. The van der Waals surface area contributed by atoms with E-state index in [0.29, 0.717) is 37.2 Å². The van der Waals surface area contributed by atoms with Crippen molar-refractivity contribution in [1.29, 1.82) is 0 Å². The Balaban J connectivity index is 0.00000341. The minimum Gasteiger partial charge on any atom is -0.494 e. The molecule has 1 atom stereocenters. The molecule has 1 unspecified atom stereocenters. The highest BCUT2D eigenvalue weighted by Crippen LogP contribution is 2.35. The molecular weight excluding hydrogens is 509 g/mol. The molecule has 0 fully saturated rings. The first-order valence-electron chi connectivity index (χ1n) is 10.2. The number of nitrogens with zero attached hydrogens (tertiary/aromatic N) is 1. The molecular formula is C23H32IN3O4. The first-order valence-corrected chi connectivity index (χ1v) is 10.2. The summed E-state index contributed by atoms with van der Waals surface area (Å²) >= 11 is 0. The maximum Gasteiger partial charge on any atom is 0.191 e. The maximum atomic E-state index is 5.91. The molecule has 31 heavy (non-hydrogen) atoms. The van der Waals surface area contributed by atoms with Crippen LogP contribution < -0.4 is 29.6 Å². The number of nitrogens with one attached hydrogen (secondary N) is 2. The number of ether oxygens (including phenoxy) is 4. The van der Waals surface area contributed by atoms with E-state index >= 15 is 0 Å². The Hall–Kier alpha value is -2.36. The molecule has 0 spiro atoms. The summed E-state index contributed by atoms with van der Waals surface area (Å²) in [4.78, 5) is 4.32. The number of hydrogen-bond donors (Lipinski definition) is 2. The summed E-state index contributed by atoms with van der Waals surface area (Å²) in [6, 6.07) is 10.0. The number of rotatable bonds is 8. The van der Waals surface area contributed by atoms with Gasteiger partial charge in [-0.1, -0.05) is 6.07 Å². The second-order valence-corrected chi connectivity index (χ2v) is 7.10. The summed E-state index contributed by atoms with van der Waals surface area (Å²) in [5.41, 5.74) is 3.30. The zero-order chi connectivity index (χ0) is 21.5. The fourth-order valence-corrected chi connectivity index (χ4v) is 3.49. The molecule has 2 aromatic carbocycles. The van der Waals surface area contributed by atoms with Gasteiger partial charge >= 0.3 is 0 Å². The minimum atomic E-state index is 0. The Morgan fingerprint density at radius 3 is 2.48 bits per heavy atom. The minimum absolute atomic E-state index is 0. The van der Waals surface area contributed by atoms with Crippen LogP contribution in [0.2, 0.25) is 0 Å². The Bertz CT molecular complexity index is 905. The molecule has 170 valence electrons. The van der Waals surface area contributed by atoms with Crippen LogP contribution in [0.3, 0.4) is 0 Å². The zero-order valence-corrected chi connectivity index (χ0v) is 21.1. The maximum absolute atomic E-state index is 5.91. The molecule has 2 aromatic rings. The van der Waals surface area contributed by atoms with E-state index in [4.69, 9.17) is 18.9 Å². The van der Waals surface area contributed by atoms with Crippen LogP contribution in [0.5, 0.6) is 23.0 Å². The first kappa shape index (κ1) is 24.9. The van der Waals surface area contributed by atoms with Gasteiger partial charge in [0, 0.05) is 37.7 Å². The lowest BCUT2D eigenvalue weighted by atomic mass is 10.1. The molecule has 0 amide bonds. The highest BCUT2D eigenvalue weighted by molar-refractivity contribution is 14.0. The molecule has 1 aliphatic heterocycles. The van der Waals surface area contributed by atoms with Gasteiger partial charge in [0.1, 0.15) is 17.6 Å². The topological polar surface area (TPSA) is 73.3 Å². The number of guanidine groups is 1. The normalized spacial score (nSPS) is 14.7. The van der Waals surface area contributed by atoms with Gasteiger partial charge in [0.15, 0.2) is 17.5 Å². The number of halogens is 1. The van der Waals surface area contributed by atoms with E-state index in [1.165, 1.54) is 5.56 Å². The Labute approximate surface area is 201 Å². The van der Waals surface area contributed by atoms with Crippen molar-refractivity contribution in [2.75, 3.05) is 27.9 Å². The Kier molecular flexibility index (Phi) is 9.54. The van der Waals surface area contributed by atoms with E-state index in [1.54, 1.807) is 21.3 Å². The van der Waals surface area contributed by atoms with Crippen molar-refractivity contribution < 1.29 is 18.9 Å². The number of aliphatic imine (C=N–C) groups is 1. The SMILES string of the molecule is CCOc1cc2c(cc1CNC(=NC)NCc1ccc(OC)c(OC)c1)OC(C)C2.I. The third kappa shape index (κ3) is 6.32. The molecule has 3 rings (SSSR count). The molecule has 1 aliphatic rings. The number of fused-ring (bicyclic) bond motifs is 1. The molecule has 0 bridgehead atoms. The van der Waals surface area contributed by atoms with Gasteiger partial charge in [0.2, 0.25) is 0 Å². The van der Waals surface area contributed by atoms with Crippen molar-refractivity contribution >= 4 is 29.9 Å². The van der Waals surface area contributed by atoms with Crippen LogP contribution >= 0.6 is 24.0 Å². The molecule has 2 N–H and O–H groups in total. The summed E-state index contributed by atoms with van der Waals surface area (Å²) in [5.74, 6) is 3.93. The molecule has 0 aliphatic carbocycles. The van der Waals surface area contributed by atoms with Crippen molar-refractivity contribution in [1.82, 2.24) is 10.6 Å². The van der Waals surface area contributed by atoms with Gasteiger partial charge in [-0.25, -0.2) is 0 Å². The summed E-state index contributed by atoms with van der Waals surface area (Å²) in [7, 11) is 5.01. The van der Waals surface area contributed by atoms with Crippen LogP contribution in [0, 0.1) is 0 Å². The standard InChI is InChI=1S/C23H31N3O4.HI/c1-6-29-20-11-17-9-15(2)30-21(17)12-18(20)14-26-23(24-3)25-13-16-7-8-19(27-4)22(10-16)28-5;/h7-8,10-12,15H,6,9,13-14H2,1-5H3,(H2,24,25,26);1H. The van der Waals surface area contributed by atoms with E-state index in [1.807, 2.05) is 25.1 Å². The van der Waals surface area contributed by atoms with E-state index in [0.717, 1.165) is 29.0 Å². The molecule has 7 nitrogen and oxygen atoms in total. The van der Waals surface area contributed by atoms with Gasteiger partial charge < -0.3 is 29.6 Å². The van der Waals surface area contributed by atoms with E-state index < -0.39 is 0 Å². The number of benzene rings is 2. The van der Waals surface area contributed by atoms with Gasteiger partial charge in [0.05, 0.1) is 20.8 Å². The van der Waals surface area contributed by atoms with Crippen molar-refractivity contribution in [3.63, 3.8) is 0 Å².